The van der Waals surface area contributed by atoms with Crippen LogP contribution in [0.25, 0.3) is 11.1 Å². The van der Waals surface area contributed by atoms with Gasteiger partial charge >= 0.3 is 0 Å². The van der Waals surface area contributed by atoms with Crippen LogP contribution < -0.4 is 0 Å². The third-order valence-corrected chi connectivity index (χ3v) is 3.54. The van der Waals surface area contributed by atoms with Crippen molar-refractivity contribution in [2.75, 3.05) is 21.1 Å². The molecule has 0 saturated heterocycles. The Labute approximate surface area is 206 Å². The number of likely N-dealkylation sites (N-methyl/N-ethyl adjacent to an activating group) is 1. The second-order valence-electron chi connectivity index (χ2n) is 5.26. The first kappa shape index (κ1) is 31.4. The first-order chi connectivity index (χ1) is 12.0. The van der Waals surface area contributed by atoms with Gasteiger partial charge in [0.25, 0.3) is 0 Å². The van der Waals surface area contributed by atoms with Crippen molar-refractivity contribution in [2.24, 2.45) is 0 Å². The van der Waals surface area contributed by atoms with Gasteiger partial charge in [0, 0.05) is 81.3 Å². The van der Waals surface area contributed by atoms with Crippen LogP contribution in [0.2, 0.25) is 0 Å². The van der Waals surface area contributed by atoms with Crippen LogP contribution in [0.3, 0.4) is 0 Å². The summed E-state index contributed by atoms with van der Waals surface area (Å²) in [6.45, 7) is 9.99. The molecule has 0 aliphatic rings. The molecule has 0 bridgehead atoms. The van der Waals surface area contributed by atoms with Crippen molar-refractivity contribution in [1.82, 2.24) is 10.0 Å². The summed E-state index contributed by atoms with van der Waals surface area (Å²) in [5.41, 5.74) is 3.92. The average Bonchev–Trinajstić information content (AvgIpc) is 2.66. The number of aryl methyl sites for hydroxylation is 1. The zero-order valence-corrected chi connectivity index (χ0v) is 23.7. The van der Waals surface area contributed by atoms with Crippen molar-refractivity contribution in [1.29, 1.82) is 0 Å². The van der Waals surface area contributed by atoms with Gasteiger partial charge in [-0.05, 0) is 0 Å². The summed E-state index contributed by atoms with van der Waals surface area (Å²) in [4.78, 5) is 12.2. The maximum absolute atomic E-state index is 12.2. The topological polar surface area (TPSA) is 23.6 Å². The maximum Gasteiger partial charge on any atom is 0.237 e. The molecule has 147 valence electrons. The Bertz CT molecular complexity index is 633. The van der Waals surface area contributed by atoms with Crippen molar-refractivity contribution in [2.45, 2.75) is 41.0 Å². The average molecular weight is 613 g/mol. The monoisotopic (exact) mass is 613 g/mol. The molecule has 5 heteroatoms. The van der Waals surface area contributed by atoms with E-state index in [0.717, 1.165) is 22.3 Å². The van der Waals surface area contributed by atoms with E-state index in [1.807, 2.05) is 85.1 Å². The second-order valence-corrected chi connectivity index (χ2v) is 5.26. The van der Waals surface area contributed by atoms with E-state index in [4.69, 9.17) is 0 Å². The number of nitrogens with zero attached hydrogens (tertiary/aromatic N) is 2. The van der Waals surface area contributed by atoms with Crippen molar-refractivity contribution >= 4 is 5.91 Å². The first-order valence-electron chi connectivity index (χ1n) is 8.91. The van der Waals surface area contributed by atoms with Crippen LogP contribution in [0, 0.1) is 19.1 Å². The standard InChI is InChI=1S/C18H20N2O.2C2H6.W.Y/c1-14-10-11-16(15-8-6-5-7-9-15)12-17(14)13-18(21)20(4)19(2)3;2*1-2;;/h5-10H,13H2,1-4H3;2*1-2H3;;/q-2;;;;. The quantitative estimate of drug-likeness (QED) is 0.366. The molecule has 0 aliphatic heterocycles. The zero-order valence-electron chi connectivity index (χ0n) is 18.0. The van der Waals surface area contributed by atoms with Gasteiger partial charge < -0.3 is 0 Å². The molecular weight excluding hydrogens is 581 g/mol. The Kier molecular flexibility index (Phi) is 20.6. The minimum absolute atomic E-state index is 0. The minimum Gasteiger partial charge on any atom is -0.286 e. The Balaban J connectivity index is -0.000000899. The van der Waals surface area contributed by atoms with Gasteiger partial charge in [-0.1, -0.05) is 45.9 Å². The zero-order chi connectivity index (χ0) is 19.4. The Morgan fingerprint density at radius 2 is 1.52 bits per heavy atom. The summed E-state index contributed by atoms with van der Waals surface area (Å²) >= 11 is 0. The van der Waals surface area contributed by atoms with Crippen LogP contribution in [0.15, 0.2) is 36.4 Å². The molecule has 0 fully saturated rings. The summed E-state index contributed by atoms with van der Waals surface area (Å²) in [5, 5.41) is 3.37. The van der Waals surface area contributed by atoms with Gasteiger partial charge in [0.15, 0.2) is 0 Å². The Hall–Kier alpha value is -0.338. The van der Waals surface area contributed by atoms with Gasteiger partial charge in [0.2, 0.25) is 5.91 Å². The Morgan fingerprint density at radius 3 is 2.00 bits per heavy atom. The summed E-state index contributed by atoms with van der Waals surface area (Å²) < 4.78 is 0. The van der Waals surface area contributed by atoms with E-state index in [9.17, 15) is 4.79 Å². The number of hydrogen-bond acceptors (Lipinski definition) is 2. The molecule has 0 unspecified atom stereocenters. The van der Waals surface area contributed by atoms with E-state index in [-0.39, 0.29) is 59.7 Å². The summed E-state index contributed by atoms with van der Waals surface area (Å²) in [6, 6.07) is 18.5. The number of hydrogen-bond donors (Lipinski definition) is 0. The van der Waals surface area contributed by atoms with Gasteiger partial charge in [0.05, 0.1) is 0 Å². The fourth-order valence-corrected chi connectivity index (χ4v) is 1.99. The minimum atomic E-state index is 0. The van der Waals surface area contributed by atoms with Crippen LogP contribution in [0.1, 0.15) is 38.8 Å². The molecule has 0 heterocycles. The predicted molar refractivity (Wildman–Crippen MR) is 107 cm³/mol. The molecule has 3 nitrogen and oxygen atoms in total. The second kappa shape index (κ2) is 17.7. The van der Waals surface area contributed by atoms with E-state index >= 15 is 0 Å². The number of rotatable bonds is 4. The molecule has 0 aliphatic carbocycles. The van der Waals surface area contributed by atoms with Crippen LogP contribution in [-0.2, 0) is 65.0 Å². The number of amides is 1. The summed E-state index contributed by atoms with van der Waals surface area (Å²) in [5.74, 6) is 0.0459. The molecule has 0 N–H and O–H groups in total. The summed E-state index contributed by atoms with van der Waals surface area (Å²) in [6.07, 6.45) is 0.342. The van der Waals surface area contributed by atoms with Crippen LogP contribution >= 0.6 is 0 Å². The van der Waals surface area contributed by atoms with Gasteiger partial charge in [-0.15, -0.1) is 19.1 Å². The summed E-state index contributed by atoms with van der Waals surface area (Å²) in [7, 11) is 5.47. The SMILES string of the molecule is CC.CC.Cc1c[c-]c(-c2ccccc2)[c-]c1CC(=O)N(C)N(C)C.[W].[Y]. The molecule has 0 aromatic heterocycles. The molecule has 2 aromatic carbocycles. The molecular formula is C22H32N2OWY-2. The van der Waals surface area contributed by atoms with Gasteiger partial charge in [-0.25, -0.2) is 22.2 Å². The molecule has 27 heavy (non-hydrogen) atoms. The van der Waals surface area contributed by atoms with E-state index in [1.165, 1.54) is 0 Å². The third-order valence-electron chi connectivity index (χ3n) is 3.54. The molecule has 0 saturated carbocycles. The molecule has 2 rings (SSSR count). The largest absolute Gasteiger partial charge is 0.286 e. The fraction of sp³-hybridized carbons (Fsp3) is 0.409. The van der Waals surface area contributed by atoms with Crippen molar-refractivity contribution in [3.63, 3.8) is 0 Å². The van der Waals surface area contributed by atoms with E-state index < -0.39 is 0 Å². The van der Waals surface area contributed by atoms with Crippen molar-refractivity contribution in [3.8, 4) is 11.1 Å². The van der Waals surface area contributed by atoms with Gasteiger partial charge in [-0.2, -0.15) is 5.56 Å². The van der Waals surface area contributed by atoms with E-state index in [1.54, 1.807) is 17.1 Å². The van der Waals surface area contributed by atoms with Gasteiger partial charge in [-0.3, -0.25) is 27.5 Å². The number of benzene rings is 2. The van der Waals surface area contributed by atoms with Crippen LogP contribution in [-0.4, -0.2) is 37.1 Å². The predicted octanol–water partition coefficient (Wildman–Crippen LogP) is 4.79. The van der Waals surface area contributed by atoms with Crippen LogP contribution in [0.5, 0.6) is 0 Å². The third kappa shape index (κ3) is 10.7. The smallest absolute Gasteiger partial charge is 0.237 e. The Morgan fingerprint density at radius 1 is 1.00 bits per heavy atom. The van der Waals surface area contributed by atoms with Crippen LogP contribution in [0.4, 0.5) is 0 Å². The molecule has 1 amide bonds. The van der Waals surface area contributed by atoms with Gasteiger partial charge in [0.1, 0.15) is 0 Å². The van der Waals surface area contributed by atoms with Crippen molar-refractivity contribution in [3.05, 3.63) is 59.7 Å². The van der Waals surface area contributed by atoms with E-state index in [0.29, 0.717) is 6.42 Å². The van der Waals surface area contributed by atoms with Crippen molar-refractivity contribution < 1.29 is 58.6 Å². The molecule has 1 radical (unpaired) electrons. The molecule has 2 aromatic rings. The number of carbonyl (C=O) groups is 1. The van der Waals surface area contributed by atoms with E-state index in [2.05, 4.69) is 12.1 Å². The number of carbonyl (C=O) groups excluding carboxylic acids is 1. The normalized spacial score (nSPS) is 8.78. The number of hydrazine groups is 1. The fourth-order valence-electron chi connectivity index (χ4n) is 1.99. The first-order valence-corrected chi connectivity index (χ1v) is 8.91. The molecule has 0 spiro atoms. The molecule has 0 atom stereocenters. The maximum atomic E-state index is 12.2.